The van der Waals surface area contributed by atoms with Crippen LogP contribution in [0.25, 0.3) is 0 Å². The summed E-state index contributed by atoms with van der Waals surface area (Å²) < 4.78 is 46.8. The molecule has 0 heterocycles. The Bertz CT molecular complexity index is 704. The van der Waals surface area contributed by atoms with Crippen molar-refractivity contribution in [2.24, 2.45) is 4.99 Å². The Morgan fingerprint density at radius 3 is 2.79 bits per heavy atom. The van der Waals surface area contributed by atoms with Gasteiger partial charge in [0.15, 0.2) is 17.5 Å². The Balaban J connectivity index is 1.86. The maximum absolute atomic E-state index is 12.6. The molecule has 29 heavy (non-hydrogen) atoms. The molecule has 0 aromatic heterocycles. The van der Waals surface area contributed by atoms with Crippen molar-refractivity contribution in [3.05, 3.63) is 23.8 Å². The second kappa shape index (κ2) is 11.9. The van der Waals surface area contributed by atoms with E-state index in [1.54, 1.807) is 19.2 Å². The van der Waals surface area contributed by atoms with E-state index < -0.39 is 17.4 Å². The van der Waals surface area contributed by atoms with E-state index >= 15 is 0 Å². The van der Waals surface area contributed by atoms with Gasteiger partial charge >= 0.3 is 6.61 Å². The van der Waals surface area contributed by atoms with Crippen molar-refractivity contribution in [1.29, 1.82) is 0 Å². The Hall–Kier alpha value is -1.90. The Morgan fingerprint density at radius 1 is 1.34 bits per heavy atom. The quantitative estimate of drug-likeness (QED) is 0.464. The highest BCUT2D eigenvalue weighted by Gasteiger charge is 2.26. The summed E-state index contributed by atoms with van der Waals surface area (Å²) in [4.78, 5) is 4.26. The van der Waals surface area contributed by atoms with Gasteiger partial charge in [-0.25, -0.2) is 0 Å². The lowest BCUT2D eigenvalue weighted by molar-refractivity contribution is -0.0512. The topological polar surface area (TPSA) is 72.0 Å². The zero-order chi connectivity index (χ0) is 21.2. The molecule has 2 rings (SSSR count). The molecule has 2 N–H and O–H groups in total. The smallest absolute Gasteiger partial charge is 0.387 e. The maximum atomic E-state index is 12.6. The van der Waals surface area contributed by atoms with E-state index in [2.05, 4.69) is 20.4 Å². The molecule has 3 atom stereocenters. The van der Waals surface area contributed by atoms with Gasteiger partial charge in [0.25, 0.3) is 0 Å². The fourth-order valence-electron chi connectivity index (χ4n) is 3.53. The van der Waals surface area contributed by atoms with Gasteiger partial charge in [-0.15, -0.1) is 0 Å². The number of nitrogens with one attached hydrogen (secondary N) is 2. The van der Waals surface area contributed by atoms with Gasteiger partial charge in [0, 0.05) is 41.4 Å². The number of hydrogen-bond donors (Lipinski definition) is 2. The number of guanidine groups is 1. The first-order chi connectivity index (χ1) is 14.0. The van der Waals surface area contributed by atoms with E-state index in [1.165, 1.54) is 7.11 Å². The van der Waals surface area contributed by atoms with Gasteiger partial charge in [0.2, 0.25) is 0 Å². The van der Waals surface area contributed by atoms with Crippen molar-refractivity contribution in [2.75, 3.05) is 26.5 Å². The van der Waals surface area contributed by atoms with E-state index in [9.17, 15) is 13.0 Å². The lowest BCUT2D eigenvalue weighted by atomic mass is 9.95. The molecule has 1 aromatic carbocycles. The SMILES string of the molecule is CCS(=O)C1CCCC(NC(=NC)NCCc2ccc(OC)c(OC(F)F)c2)C1. The molecule has 3 unspecified atom stereocenters. The molecule has 1 aliphatic rings. The lowest BCUT2D eigenvalue weighted by Crippen LogP contribution is -2.47. The molecule has 1 fully saturated rings. The first-order valence-corrected chi connectivity index (χ1v) is 11.3. The van der Waals surface area contributed by atoms with Crippen LogP contribution in [0.3, 0.4) is 0 Å². The number of benzene rings is 1. The van der Waals surface area contributed by atoms with Gasteiger partial charge in [-0.2, -0.15) is 8.78 Å². The van der Waals surface area contributed by atoms with Crippen LogP contribution in [-0.2, 0) is 17.2 Å². The van der Waals surface area contributed by atoms with Gasteiger partial charge in [0.05, 0.1) is 7.11 Å². The fourth-order valence-corrected chi connectivity index (χ4v) is 4.88. The Kier molecular flexibility index (Phi) is 9.63. The summed E-state index contributed by atoms with van der Waals surface area (Å²) >= 11 is 0. The number of methoxy groups -OCH3 is 1. The average Bonchev–Trinajstić information content (AvgIpc) is 2.72. The summed E-state index contributed by atoms with van der Waals surface area (Å²) in [5.74, 6) is 1.69. The van der Waals surface area contributed by atoms with E-state index in [0.717, 1.165) is 31.2 Å². The summed E-state index contributed by atoms with van der Waals surface area (Å²) in [7, 11) is 2.36. The Labute approximate surface area is 173 Å². The van der Waals surface area contributed by atoms with Crippen molar-refractivity contribution in [3.63, 3.8) is 0 Å². The maximum Gasteiger partial charge on any atom is 0.387 e. The monoisotopic (exact) mass is 431 g/mol. The van der Waals surface area contributed by atoms with Crippen molar-refractivity contribution in [1.82, 2.24) is 10.6 Å². The molecule has 0 saturated heterocycles. The molecule has 164 valence electrons. The van der Waals surface area contributed by atoms with Gasteiger partial charge in [-0.05, 0) is 43.4 Å². The average molecular weight is 432 g/mol. The first-order valence-electron chi connectivity index (χ1n) is 9.92. The molecule has 0 aliphatic heterocycles. The number of hydrogen-bond acceptors (Lipinski definition) is 4. The van der Waals surface area contributed by atoms with Crippen LogP contribution in [0.2, 0.25) is 0 Å². The van der Waals surface area contributed by atoms with Gasteiger partial charge in [-0.1, -0.05) is 19.4 Å². The molecule has 1 aromatic rings. The number of aliphatic imine (C=N–C) groups is 1. The minimum atomic E-state index is -2.90. The second-order valence-electron chi connectivity index (χ2n) is 6.91. The van der Waals surface area contributed by atoms with E-state index in [0.29, 0.717) is 24.7 Å². The van der Waals surface area contributed by atoms with Gasteiger partial charge in [-0.3, -0.25) is 9.20 Å². The van der Waals surface area contributed by atoms with Crippen LogP contribution >= 0.6 is 0 Å². The standard InChI is InChI=1S/C20H31F2N3O3S/c1-4-29(26)16-7-5-6-15(13-16)25-20(23-2)24-11-10-14-8-9-17(27-3)18(12-14)28-19(21)22/h8-9,12,15-16,19H,4-7,10-11,13H2,1-3H3,(H2,23,24,25). The zero-order valence-electron chi connectivity index (χ0n) is 17.2. The van der Waals surface area contributed by atoms with Crippen molar-refractivity contribution < 1.29 is 22.5 Å². The minimum Gasteiger partial charge on any atom is -0.493 e. The highest BCUT2D eigenvalue weighted by molar-refractivity contribution is 7.85. The van der Waals surface area contributed by atoms with Crippen molar-refractivity contribution in [2.45, 2.75) is 56.9 Å². The van der Waals surface area contributed by atoms with Crippen LogP contribution in [0.5, 0.6) is 11.5 Å². The molecule has 1 saturated carbocycles. The second-order valence-corrected chi connectivity index (χ2v) is 8.92. The van der Waals surface area contributed by atoms with Gasteiger partial charge < -0.3 is 20.1 Å². The van der Waals surface area contributed by atoms with Crippen LogP contribution in [-0.4, -0.2) is 54.5 Å². The first kappa shape index (κ1) is 23.4. The van der Waals surface area contributed by atoms with Crippen LogP contribution < -0.4 is 20.1 Å². The fraction of sp³-hybridized carbons (Fsp3) is 0.650. The predicted octanol–water partition coefficient (Wildman–Crippen LogP) is 3.08. The highest BCUT2D eigenvalue weighted by atomic mass is 32.2. The predicted molar refractivity (Wildman–Crippen MR) is 113 cm³/mol. The Morgan fingerprint density at radius 2 is 2.14 bits per heavy atom. The summed E-state index contributed by atoms with van der Waals surface area (Å²) in [5.41, 5.74) is 0.848. The van der Waals surface area contributed by atoms with E-state index in [4.69, 9.17) is 4.74 Å². The largest absolute Gasteiger partial charge is 0.493 e. The van der Waals surface area contributed by atoms with Crippen LogP contribution in [0, 0.1) is 0 Å². The highest BCUT2D eigenvalue weighted by Crippen LogP contribution is 2.29. The number of halogens is 2. The van der Waals surface area contributed by atoms with Crippen molar-refractivity contribution >= 4 is 16.8 Å². The molecular formula is C20H31F2N3O3S. The molecule has 6 nitrogen and oxygen atoms in total. The third kappa shape index (κ3) is 7.45. The third-order valence-corrected chi connectivity index (χ3v) is 6.74. The molecule has 0 spiro atoms. The number of ether oxygens (including phenoxy) is 2. The molecule has 0 amide bonds. The minimum absolute atomic E-state index is 0.0275. The van der Waals surface area contributed by atoms with Crippen LogP contribution in [0.15, 0.2) is 23.2 Å². The number of nitrogens with zero attached hydrogens (tertiary/aromatic N) is 1. The summed E-state index contributed by atoms with van der Waals surface area (Å²) in [6, 6.07) is 5.26. The van der Waals surface area contributed by atoms with E-state index in [-0.39, 0.29) is 22.8 Å². The van der Waals surface area contributed by atoms with Crippen LogP contribution in [0.1, 0.15) is 38.2 Å². The lowest BCUT2D eigenvalue weighted by Gasteiger charge is -2.30. The summed E-state index contributed by atoms with van der Waals surface area (Å²) in [5, 5.41) is 6.92. The summed E-state index contributed by atoms with van der Waals surface area (Å²) in [6.45, 7) is -0.358. The molecule has 1 aliphatic carbocycles. The molecule has 9 heteroatoms. The molecule has 0 radical (unpaired) electrons. The number of rotatable bonds is 9. The third-order valence-electron chi connectivity index (χ3n) is 5.00. The molecule has 0 bridgehead atoms. The van der Waals surface area contributed by atoms with Crippen molar-refractivity contribution in [3.8, 4) is 11.5 Å². The van der Waals surface area contributed by atoms with E-state index in [1.807, 2.05) is 13.0 Å². The molecular weight excluding hydrogens is 400 g/mol. The van der Waals surface area contributed by atoms with Gasteiger partial charge in [0.1, 0.15) is 0 Å². The normalized spacial score (nSPS) is 21.0. The zero-order valence-corrected chi connectivity index (χ0v) is 18.1. The summed E-state index contributed by atoms with van der Waals surface area (Å²) in [6.07, 6.45) is 4.60. The number of alkyl halides is 2. The van der Waals surface area contributed by atoms with Crippen LogP contribution in [0.4, 0.5) is 8.78 Å².